The van der Waals surface area contributed by atoms with Crippen molar-refractivity contribution in [3.05, 3.63) is 52.3 Å². The van der Waals surface area contributed by atoms with E-state index < -0.39 is 0 Å². The predicted molar refractivity (Wildman–Crippen MR) is 77.0 cm³/mol. The van der Waals surface area contributed by atoms with Gasteiger partial charge >= 0.3 is 0 Å². The Bertz CT molecular complexity index is 543. The van der Waals surface area contributed by atoms with Gasteiger partial charge in [0.05, 0.1) is 5.69 Å². The summed E-state index contributed by atoms with van der Waals surface area (Å²) in [5, 5.41) is 3.16. The minimum atomic E-state index is 0.504. The van der Waals surface area contributed by atoms with Gasteiger partial charge in [-0.2, -0.15) is 0 Å². The second kappa shape index (κ2) is 5.87. The Labute approximate surface area is 115 Å². The molecule has 94 valence electrons. The van der Waals surface area contributed by atoms with Gasteiger partial charge in [-0.15, -0.1) is 0 Å². The van der Waals surface area contributed by atoms with E-state index in [1.54, 1.807) is 6.20 Å². The molecular formula is C14H15BrN2O. The highest BCUT2D eigenvalue weighted by molar-refractivity contribution is 9.10. The highest BCUT2D eigenvalue weighted by Crippen LogP contribution is 2.26. The summed E-state index contributed by atoms with van der Waals surface area (Å²) in [5.41, 5.74) is 3.06. The Hall–Kier alpha value is -1.55. The van der Waals surface area contributed by atoms with Crippen LogP contribution in [0.2, 0.25) is 0 Å². The Morgan fingerprint density at radius 3 is 2.83 bits per heavy atom. The first kappa shape index (κ1) is 12.9. The van der Waals surface area contributed by atoms with Gasteiger partial charge in [-0.3, -0.25) is 4.98 Å². The molecule has 0 saturated heterocycles. The fraction of sp³-hybridized carbons (Fsp3) is 0.214. The highest BCUT2D eigenvalue weighted by atomic mass is 79.9. The Balaban J connectivity index is 2.18. The predicted octanol–water partition coefficient (Wildman–Crippen LogP) is 3.77. The molecule has 4 heteroatoms. The maximum absolute atomic E-state index is 5.81. The molecule has 0 aliphatic heterocycles. The summed E-state index contributed by atoms with van der Waals surface area (Å²) >= 11 is 3.54. The lowest BCUT2D eigenvalue weighted by Crippen LogP contribution is -2.02. The van der Waals surface area contributed by atoms with E-state index in [0.29, 0.717) is 6.61 Å². The van der Waals surface area contributed by atoms with Gasteiger partial charge in [0.2, 0.25) is 0 Å². The average molecular weight is 307 g/mol. The van der Waals surface area contributed by atoms with Crippen molar-refractivity contribution >= 4 is 21.6 Å². The molecule has 2 aromatic rings. The van der Waals surface area contributed by atoms with Crippen molar-refractivity contribution in [2.24, 2.45) is 0 Å². The van der Waals surface area contributed by atoms with E-state index in [4.69, 9.17) is 4.74 Å². The summed E-state index contributed by atoms with van der Waals surface area (Å²) < 4.78 is 6.85. The van der Waals surface area contributed by atoms with E-state index in [1.165, 1.54) is 0 Å². The Kier molecular flexibility index (Phi) is 4.20. The summed E-state index contributed by atoms with van der Waals surface area (Å²) in [6.07, 6.45) is 1.76. The highest BCUT2D eigenvalue weighted by Gasteiger charge is 2.07. The second-order valence-electron chi connectivity index (χ2n) is 3.89. The van der Waals surface area contributed by atoms with Crippen molar-refractivity contribution in [2.75, 3.05) is 12.4 Å². The van der Waals surface area contributed by atoms with Gasteiger partial charge in [0, 0.05) is 29.0 Å². The first-order chi connectivity index (χ1) is 8.72. The third kappa shape index (κ3) is 2.82. The quantitative estimate of drug-likeness (QED) is 0.933. The lowest BCUT2D eigenvalue weighted by atomic mass is 10.2. The van der Waals surface area contributed by atoms with E-state index in [0.717, 1.165) is 27.2 Å². The third-order valence-electron chi connectivity index (χ3n) is 2.72. The number of benzene rings is 1. The van der Waals surface area contributed by atoms with Crippen LogP contribution in [0.5, 0.6) is 5.75 Å². The van der Waals surface area contributed by atoms with E-state index in [-0.39, 0.29) is 0 Å². The van der Waals surface area contributed by atoms with Crippen molar-refractivity contribution in [1.82, 2.24) is 4.98 Å². The van der Waals surface area contributed by atoms with E-state index >= 15 is 0 Å². The number of ether oxygens (including phenoxy) is 1. The van der Waals surface area contributed by atoms with Crippen molar-refractivity contribution in [1.29, 1.82) is 0 Å². The van der Waals surface area contributed by atoms with Gasteiger partial charge in [-0.05, 0) is 31.2 Å². The summed E-state index contributed by atoms with van der Waals surface area (Å²) in [5.74, 6) is 0.815. The SMILES string of the molecule is CNc1cccc(Br)c1COc1cccnc1C. The largest absolute Gasteiger partial charge is 0.487 e. The zero-order valence-electron chi connectivity index (χ0n) is 10.4. The summed E-state index contributed by atoms with van der Waals surface area (Å²) in [6.45, 7) is 2.44. The van der Waals surface area contributed by atoms with Crippen LogP contribution in [-0.4, -0.2) is 12.0 Å². The molecule has 3 nitrogen and oxygen atoms in total. The number of rotatable bonds is 4. The number of halogens is 1. The summed E-state index contributed by atoms with van der Waals surface area (Å²) in [6, 6.07) is 9.84. The van der Waals surface area contributed by atoms with Gasteiger partial charge in [-0.25, -0.2) is 0 Å². The van der Waals surface area contributed by atoms with Gasteiger partial charge in [0.15, 0.2) is 0 Å². The zero-order valence-corrected chi connectivity index (χ0v) is 12.0. The molecular weight excluding hydrogens is 292 g/mol. The molecule has 0 radical (unpaired) electrons. The summed E-state index contributed by atoms with van der Waals surface area (Å²) in [7, 11) is 1.90. The van der Waals surface area contributed by atoms with Crippen molar-refractivity contribution in [3.63, 3.8) is 0 Å². The van der Waals surface area contributed by atoms with Crippen LogP contribution in [0.15, 0.2) is 41.0 Å². The number of hydrogen-bond acceptors (Lipinski definition) is 3. The lowest BCUT2D eigenvalue weighted by Gasteiger charge is -2.13. The standard InChI is InChI=1S/C14H15BrN2O/c1-10-14(7-4-8-17-10)18-9-11-12(15)5-3-6-13(11)16-2/h3-8,16H,9H2,1-2H3. The minimum Gasteiger partial charge on any atom is -0.487 e. The van der Waals surface area contributed by atoms with Crippen LogP contribution < -0.4 is 10.1 Å². The molecule has 0 saturated carbocycles. The normalized spacial score (nSPS) is 10.2. The van der Waals surface area contributed by atoms with Crippen molar-refractivity contribution < 1.29 is 4.74 Å². The maximum atomic E-state index is 5.81. The first-order valence-electron chi connectivity index (χ1n) is 5.72. The molecule has 0 aliphatic rings. The van der Waals surface area contributed by atoms with Crippen molar-refractivity contribution in [2.45, 2.75) is 13.5 Å². The molecule has 0 aliphatic carbocycles. The van der Waals surface area contributed by atoms with Crippen LogP contribution in [0.4, 0.5) is 5.69 Å². The molecule has 0 atom stereocenters. The Morgan fingerprint density at radius 2 is 2.11 bits per heavy atom. The van der Waals surface area contributed by atoms with Gasteiger partial charge in [-0.1, -0.05) is 22.0 Å². The van der Waals surface area contributed by atoms with Crippen LogP contribution in [0.1, 0.15) is 11.3 Å². The van der Waals surface area contributed by atoms with Gasteiger partial charge in [0.1, 0.15) is 12.4 Å². The minimum absolute atomic E-state index is 0.504. The van der Waals surface area contributed by atoms with Crippen LogP contribution >= 0.6 is 15.9 Å². The molecule has 1 heterocycles. The zero-order chi connectivity index (χ0) is 13.0. The molecule has 0 bridgehead atoms. The number of pyridine rings is 1. The van der Waals surface area contributed by atoms with Crippen LogP contribution in [0.3, 0.4) is 0 Å². The maximum Gasteiger partial charge on any atom is 0.141 e. The number of anilines is 1. The number of nitrogens with zero attached hydrogens (tertiary/aromatic N) is 1. The van der Waals surface area contributed by atoms with Gasteiger partial charge in [0.25, 0.3) is 0 Å². The number of aryl methyl sites for hydroxylation is 1. The third-order valence-corrected chi connectivity index (χ3v) is 3.46. The van der Waals surface area contributed by atoms with E-state index in [1.807, 2.05) is 44.3 Å². The number of nitrogens with one attached hydrogen (secondary N) is 1. The molecule has 1 aromatic carbocycles. The fourth-order valence-corrected chi connectivity index (χ4v) is 2.19. The molecule has 0 amide bonds. The molecule has 18 heavy (non-hydrogen) atoms. The second-order valence-corrected chi connectivity index (χ2v) is 4.75. The van der Waals surface area contributed by atoms with Crippen molar-refractivity contribution in [3.8, 4) is 5.75 Å². The molecule has 2 rings (SSSR count). The average Bonchev–Trinajstić information content (AvgIpc) is 2.39. The number of aromatic nitrogens is 1. The van der Waals surface area contributed by atoms with Crippen LogP contribution in [0.25, 0.3) is 0 Å². The van der Waals surface area contributed by atoms with Crippen LogP contribution in [0, 0.1) is 6.92 Å². The molecule has 0 fully saturated rings. The molecule has 0 spiro atoms. The molecule has 1 aromatic heterocycles. The molecule has 0 unspecified atom stereocenters. The summed E-state index contributed by atoms with van der Waals surface area (Å²) in [4.78, 5) is 4.20. The lowest BCUT2D eigenvalue weighted by molar-refractivity contribution is 0.302. The molecule has 1 N–H and O–H groups in total. The van der Waals surface area contributed by atoms with Crippen LogP contribution in [-0.2, 0) is 6.61 Å². The first-order valence-corrected chi connectivity index (χ1v) is 6.51. The number of hydrogen-bond donors (Lipinski definition) is 1. The topological polar surface area (TPSA) is 34.1 Å². The monoisotopic (exact) mass is 306 g/mol. The fourth-order valence-electron chi connectivity index (χ4n) is 1.71. The van der Waals surface area contributed by atoms with Gasteiger partial charge < -0.3 is 10.1 Å². The Morgan fingerprint density at radius 1 is 1.28 bits per heavy atom. The van der Waals surface area contributed by atoms with E-state index in [2.05, 4.69) is 26.2 Å². The van der Waals surface area contributed by atoms with E-state index in [9.17, 15) is 0 Å². The smallest absolute Gasteiger partial charge is 0.141 e.